The van der Waals surface area contributed by atoms with Gasteiger partial charge in [-0.3, -0.25) is 14.4 Å². The van der Waals surface area contributed by atoms with Gasteiger partial charge in [0.1, 0.15) is 13.2 Å². The minimum absolute atomic E-state index is 0.0642. The highest BCUT2D eigenvalue weighted by Gasteiger charge is 2.19. The van der Waals surface area contributed by atoms with E-state index in [2.05, 4.69) is 34.6 Å². The minimum atomic E-state index is -0.762. The third kappa shape index (κ3) is 45.8. The zero-order chi connectivity index (χ0) is 43.3. The third-order valence-electron chi connectivity index (χ3n) is 12.3. The fraction of sp³-hybridized carbons (Fsp3) is 0.943. The Morgan fingerprint density at radius 2 is 0.644 bits per heavy atom. The molecule has 0 fully saturated rings. The first-order chi connectivity index (χ1) is 28.8. The lowest BCUT2D eigenvalue weighted by molar-refractivity contribution is -0.167. The second-order valence-electron chi connectivity index (χ2n) is 18.9. The van der Waals surface area contributed by atoms with E-state index >= 15 is 0 Å². The van der Waals surface area contributed by atoms with Gasteiger partial charge in [-0.2, -0.15) is 0 Å². The van der Waals surface area contributed by atoms with E-state index < -0.39 is 6.10 Å². The van der Waals surface area contributed by atoms with Gasteiger partial charge in [0.2, 0.25) is 0 Å². The molecular formula is C53H102O6. The summed E-state index contributed by atoms with van der Waals surface area (Å²) in [6, 6.07) is 0. The summed E-state index contributed by atoms with van der Waals surface area (Å²) in [5.74, 6) is 0.798. The average Bonchev–Trinajstić information content (AvgIpc) is 3.22. The molecule has 59 heavy (non-hydrogen) atoms. The molecule has 0 aromatic carbocycles. The first-order valence-corrected chi connectivity index (χ1v) is 26.3. The number of carbonyl (C=O) groups excluding carboxylic acids is 3. The van der Waals surface area contributed by atoms with Crippen LogP contribution < -0.4 is 0 Å². The molecule has 6 heteroatoms. The van der Waals surface area contributed by atoms with Crippen LogP contribution in [-0.4, -0.2) is 37.2 Å². The van der Waals surface area contributed by atoms with Crippen LogP contribution in [0.2, 0.25) is 0 Å². The molecule has 0 saturated carbocycles. The molecule has 350 valence electrons. The number of ether oxygens (including phenoxy) is 3. The van der Waals surface area contributed by atoms with Gasteiger partial charge in [0, 0.05) is 19.3 Å². The molecule has 0 heterocycles. The second kappa shape index (κ2) is 45.9. The van der Waals surface area contributed by atoms with Crippen LogP contribution in [0.1, 0.15) is 291 Å². The smallest absolute Gasteiger partial charge is 0.306 e. The highest BCUT2D eigenvalue weighted by molar-refractivity contribution is 5.71. The van der Waals surface area contributed by atoms with Crippen molar-refractivity contribution in [3.8, 4) is 0 Å². The van der Waals surface area contributed by atoms with Gasteiger partial charge in [0.05, 0.1) is 0 Å². The Morgan fingerprint density at radius 3 is 0.966 bits per heavy atom. The zero-order valence-corrected chi connectivity index (χ0v) is 40.4. The standard InChI is InChI=1S/C53H102O6/c1-6-8-9-10-11-12-13-14-15-16-17-18-19-23-28-33-38-43-51(54)57-46-50(47-58-52(55)44-39-34-30-25-26-31-36-41-48(3)4)59-53(56)45-40-35-29-24-21-20-22-27-32-37-42-49(5)7-2/h48-50H,6-47H2,1-5H3/t49?,50-/m0/s1. The molecule has 0 amide bonds. The Balaban J connectivity index is 4.28. The monoisotopic (exact) mass is 835 g/mol. The first-order valence-electron chi connectivity index (χ1n) is 26.3. The van der Waals surface area contributed by atoms with Crippen LogP contribution >= 0.6 is 0 Å². The number of carbonyl (C=O) groups is 3. The molecular weight excluding hydrogens is 733 g/mol. The van der Waals surface area contributed by atoms with Gasteiger partial charge in [-0.05, 0) is 31.1 Å². The molecule has 0 N–H and O–H groups in total. The summed E-state index contributed by atoms with van der Waals surface area (Å²) < 4.78 is 16.8. The third-order valence-corrected chi connectivity index (χ3v) is 12.3. The molecule has 0 saturated heterocycles. The lowest BCUT2D eigenvalue weighted by Gasteiger charge is -2.18. The molecule has 0 bridgehead atoms. The second-order valence-corrected chi connectivity index (χ2v) is 18.9. The summed E-state index contributed by atoms with van der Waals surface area (Å²) in [6.07, 6.45) is 46.6. The van der Waals surface area contributed by atoms with Crippen molar-refractivity contribution in [1.82, 2.24) is 0 Å². The molecule has 0 aliphatic heterocycles. The summed E-state index contributed by atoms with van der Waals surface area (Å²) in [6.45, 7) is 11.4. The molecule has 2 atom stereocenters. The van der Waals surface area contributed by atoms with E-state index in [1.165, 1.54) is 180 Å². The maximum Gasteiger partial charge on any atom is 0.306 e. The number of esters is 3. The van der Waals surface area contributed by atoms with Crippen LogP contribution in [0.25, 0.3) is 0 Å². The number of rotatable bonds is 47. The Hall–Kier alpha value is -1.59. The molecule has 0 aromatic heterocycles. The Labute approximate surface area is 368 Å². The van der Waals surface area contributed by atoms with Crippen LogP contribution in [-0.2, 0) is 28.6 Å². The van der Waals surface area contributed by atoms with Crippen LogP contribution in [0.4, 0.5) is 0 Å². The van der Waals surface area contributed by atoms with Crippen molar-refractivity contribution < 1.29 is 28.6 Å². The first kappa shape index (κ1) is 57.4. The quantitative estimate of drug-likeness (QED) is 0.0345. The predicted octanol–water partition coefficient (Wildman–Crippen LogP) is 16.9. The fourth-order valence-corrected chi connectivity index (χ4v) is 7.96. The summed E-state index contributed by atoms with van der Waals surface area (Å²) in [4.78, 5) is 37.9. The van der Waals surface area contributed by atoms with Crippen molar-refractivity contribution in [1.29, 1.82) is 0 Å². The topological polar surface area (TPSA) is 78.9 Å². The lowest BCUT2D eigenvalue weighted by atomic mass is 9.99. The van der Waals surface area contributed by atoms with E-state index in [1.807, 2.05) is 0 Å². The molecule has 0 aromatic rings. The van der Waals surface area contributed by atoms with E-state index in [4.69, 9.17) is 14.2 Å². The van der Waals surface area contributed by atoms with Gasteiger partial charge >= 0.3 is 17.9 Å². The molecule has 0 spiro atoms. The molecule has 6 nitrogen and oxygen atoms in total. The average molecular weight is 835 g/mol. The van der Waals surface area contributed by atoms with Crippen molar-refractivity contribution in [3.05, 3.63) is 0 Å². The van der Waals surface area contributed by atoms with Crippen LogP contribution in [0, 0.1) is 11.8 Å². The van der Waals surface area contributed by atoms with E-state index in [1.54, 1.807) is 0 Å². The highest BCUT2D eigenvalue weighted by atomic mass is 16.6. The van der Waals surface area contributed by atoms with E-state index in [0.717, 1.165) is 69.6 Å². The Kier molecular flexibility index (Phi) is 44.7. The van der Waals surface area contributed by atoms with E-state index in [9.17, 15) is 14.4 Å². The molecule has 0 aliphatic rings. The van der Waals surface area contributed by atoms with Gasteiger partial charge in [-0.15, -0.1) is 0 Å². The SMILES string of the molecule is CCCCCCCCCCCCCCCCCCCC(=O)OC[C@@H](COC(=O)CCCCCCCCCC(C)C)OC(=O)CCCCCCCCCCCCC(C)CC. The maximum atomic E-state index is 12.8. The summed E-state index contributed by atoms with van der Waals surface area (Å²) in [7, 11) is 0. The highest BCUT2D eigenvalue weighted by Crippen LogP contribution is 2.18. The van der Waals surface area contributed by atoms with Crippen molar-refractivity contribution in [3.63, 3.8) is 0 Å². The van der Waals surface area contributed by atoms with Gasteiger partial charge in [0.25, 0.3) is 0 Å². The van der Waals surface area contributed by atoms with Crippen LogP contribution in [0.5, 0.6) is 0 Å². The Morgan fingerprint density at radius 1 is 0.356 bits per heavy atom. The van der Waals surface area contributed by atoms with Crippen molar-refractivity contribution in [2.75, 3.05) is 13.2 Å². The van der Waals surface area contributed by atoms with Gasteiger partial charge < -0.3 is 14.2 Å². The maximum absolute atomic E-state index is 12.8. The molecule has 1 unspecified atom stereocenters. The Bertz CT molecular complexity index is 902. The van der Waals surface area contributed by atoms with Crippen molar-refractivity contribution in [2.24, 2.45) is 11.8 Å². The van der Waals surface area contributed by atoms with Crippen LogP contribution in [0.3, 0.4) is 0 Å². The molecule has 0 radical (unpaired) electrons. The summed E-state index contributed by atoms with van der Waals surface area (Å²) in [5, 5.41) is 0. The number of hydrogen-bond donors (Lipinski definition) is 0. The van der Waals surface area contributed by atoms with Gasteiger partial charge in [0.15, 0.2) is 6.10 Å². The van der Waals surface area contributed by atoms with Crippen molar-refractivity contribution >= 4 is 17.9 Å². The molecule has 0 aliphatic carbocycles. The minimum Gasteiger partial charge on any atom is -0.462 e. The summed E-state index contributed by atoms with van der Waals surface area (Å²) >= 11 is 0. The lowest BCUT2D eigenvalue weighted by Crippen LogP contribution is -2.30. The zero-order valence-electron chi connectivity index (χ0n) is 40.4. The van der Waals surface area contributed by atoms with Gasteiger partial charge in [-0.1, -0.05) is 253 Å². The van der Waals surface area contributed by atoms with Gasteiger partial charge in [-0.25, -0.2) is 0 Å². The largest absolute Gasteiger partial charge is 0.462 e. The fourth-order valence-electron chi connectivity index (χ4n) is 7.96. The van der Waals surface area contributed by atoms with Crippen LogP contribution in [0.15, 0.2) is 0 Å². The predicted molar refractivity (Wildman–Crippen MR) is 252 cm³/mol. The van der Waals surface area contributed by atoms with E-state index in [-0.39, 0.29) is 31.1 Å². The normalized spacial score (nSPS) is 12.5. The summed E-state index contributed by atoms with van der Waals surface area (Å²) in [5.41, 5.74) is 0. The number of unbranched alkanes of at least 4 members (excludes halogenated alkanes) is 31. The van der Waals surface area contributed by atoms with E-state index in [0.29, 0.717) is 19.3 Å². The molecule has 0 rings (SSSR count). The van der Waals surface area contributed by atoms with Crippen molar-refractivity contribution in [2.45, 2.75) is 298 Å². The number of hydrogen-bond acceptors (Lipinski definition) is 6.